The highest BCUT2D eigenvalue weighted by Crippen LogP contribution is 2.15. The van der Waals surface area contributed by atoms with Crippen molar-refractivity contribution in [2.24, 2.45) is 10.9 Å². The minimum atomic E-state index is 0. The molecule has 1 fully saturated rings. The standard InChI is InChI=1S/C21H35N3O2.HI/c1-3-22-21(24-16-18(2)20-8-5-4-6-9-20)23-12-7-13-26-17-19-10-14-25-15-11-19;/h4-6,8-9,18-19H,3,7,10-17H2,1-2H3,(H2,22,23,24);1H. The number of hydrogen-bond donors (Lipinski definition) is 2. The summed E-state index contributed by atoms with van der Waals surface area (Å²) in [5, 5.41) is 6.72. The highest BCUT2D eigenvalue weighted by Gasteiger charge is 2.13. The second-order valence-corrected chi connectivity index (χ2v) is 6.94. The minimum absolute atomic E-state index is 0. The van der Waals surface area contributed by atoms with Gasteiger partial charge in [-0.1, -0.05) is 37.3 Å². The smallest absolute Gasteiger partial charge is 0.191 e. The maximum atomic E-state index is 5.82. The number of halogens is 1. The van der Waals surface area contributed by atoms with Crippen LogP contribution in [0.1, 0.15) is 44.6 Å². The van der Waals surface area contributed by atoms with Gasteiger partial charge in [-0.15, -0.1) is 24.0 Å². The van der Waals surface area contributed by atoms with Crippen LogP contribution in [0.15, 0.2) is 35.3 Å². The van der Waals surface area contributed by atoms with Gasteiger partial charge in [0.25, 0.3) is 0 Å². The lowest BCUT2D eigenvalue weighted by Gasteiger charge is -2.21. The van der Waals surface area contributed by atoms with Crippen molar-refractivity contribution in [3.05, 3.63) is 35.9 Å². The number of rotatable bonds is 10. The van der Waals surface area contributed by atoms with Gasteiger partial charge in [-0.2, -0.15) is 0 Å². The second kappa shape index (κ2) is 15.1. The molecule has 1 saturated heterocycles. The number of hydrogen-bond acceptors (Lipinski definition) is 3. The van der Waals surface area contributed by atoms with Crippen LogP contribution in [0, 0.1) is 5.92 Å². The third-order valence-corrected chi connectivity index (χ3v) is 4.69. The molecule has 0 radical (unpaired) electrons. The molecule has 154 valence electrons. The van der Waals surface area contributed by atoms with E-state index in [0.717, 1.165) is 71.3 Å². The van der Waals surface area contributed by atoms with Crippen molar-refractivity contribution < 1.29 is 9.47 Å². The lowest BCUT2D eigenvalue weighted by atomic mass is 10.0. The summed E-state index contributed by atoms with van der Waals surface area (Å²) in [6.45, 7) is 10.3. The highest BCUT2D eigenvalue weighted by atomic mass is 127. The lowest BCUT2D eigenvalue weighted by Crippen LogP contribution is -2.38. The molecule has 1 heterocycles. The summed E-state index contributed by atoms with van der Waals surface area (Å²) in [4.78, 5) is 4.72. The summed E-state index contributed by atoms with van der Waals surface area (Å²) < 4.78 is 11.2. The van der Waals surface area contributed by atoms with Crippen LogP contribution >= 0.6 is 24.0 Å². The normalized spacial score (nSPS) is 16.4. The number of aliphatic imine (C=N–C) groups is 1. The Morgan fingerprint density at radius 2 is 1.96 bits per heavy atom. The molecule has 0 aromatic heterocycles. The van der Waals surface area contributed by atoms with Crippen LogP contribution in [0.3, 0.4) is 0 Å². The molecule has 0 aliphatic carbocycles. The molecule has 1 atom stereocenters. The van der Waals surface area contributed by atoms with E-state index in [0.29, 0.717) is 11.8 Å². The van der Waals surface area contributed by atoms with Gasteiger partial charge >= 0.3 is 0 Å². The molecule has 2 N–H and O–H groups in total. The molecule has 6 heteroatoms. The van der Waals surface area contributed by atoms with Crippen molar-refractivity contribution in [2.75, 3.05) is 46.1 Å². The summed E-state index contributed by atoms with van der Waals surface area (Å²) in [6, 6.07) is 10.5. The molecular weight excluding hydrogens is 453 g/mol. The van der Waals surface area contributed by atoms with Crippen LogP contribution in [0.4, 0.5) is 0 Å². The van der Waals surface area contributed by atoms with Crippen molar-refractivity contribution in [3.8, 4) is 0 Å². The largest absolute Gasteiger partial charge is 0.381 e. The predicted octanol–water partition coefficient (Wildman–Crippen LogP) is 3.80. The molecule has 2 rings (SSSR count). The van der Waals surface area contributed by atoms with Gasteiger partial charge in [-0.3, -0.25) is 4.99 Å². The number of nitrogens with zero attached hydrogens (tertiary/aromatic N) is 1. The number of ether oxygens (including phenoxy) is 2. The van der Waals surface area contributed by atoms with Crippen LogP contribution < -0.4 is 10.6 Å². The van der Waals surface area contributed by atoms with Crippen LogP contribution in [0.25, 0.3) is 0 Å². The Kier molecular flexibility index (Phi) is 13.5. The quantitative estimate of drug-likeness (QED) is 0.227. The molecule has 1 aromatic rings. The van der Waals surface area contributed by atoms with Gasteiger partial charge < -0.3 is 20.1 Å². The van der Waals surface area contributed by atoms with E-state index < -0.39 is 0 Å². The average molecular weight is 489 g/mol. The van der Waals surface area contributed by atoms with Crippen molar-refractivity contribution in [1.82, 2.24) is 10.6 Å². The SMILES string of the molecule is CCNC(=NCC(C)c1ccccc1)NCCCOCC1CCOCC1.I. The van der Waals surface area contributed by atoms with E-state index >= 15 is 0 Å². The Morgan fingerprint density at radius 3 is 2.67 bits per heavy atom. The van der Waals surface area contributed by atoms with Crippen molar-refractivity contribution in [2.45, 2.75) is 39.0 Å². The first kappa shape index (κ1) is 24.2. The maximum Gasteiger partial charge on any atom is 0.191 e. The molecular formula is C21H36IN3O2. The van der Waals surface area contributed by atoms with Gasteiger partial charge in [0.2, 0.25) is 0 Å². The van der Waals surface area contributed by atoms with Gasteiger partial charge in [0.1, 0.15) is 0 Å². The average Bonchev–Trinajstić information content (AvgIpc) is 2.69. The Balaban J connectivity index is 0.00000364. The number of nitrogens with one attached hydrogen (secondary N) is 2. The molecule has 1 aliphatic rings. The van der Waals surface area contributed by atoms with E-state index in [1.54, 1.807) is 0 Å². The van der Waals surface area contributed by atoms with Crippen molar-refractivity contribution in [1.29, 1.82) is 0 Å². The van der Waals surface area contributed by atoms with Gasteiger partial charge in [0, 0.05) is 52.0 Å². The van der Waals surface area contributed by atoms with E-state index in [1.807, 2.05) is 0 Å². The molecule has 5 nitrogen and oxygen atoms in total. The van der Waals surface area contributed by atoms with Gasteiger partial charge in [0.15, 0.2) is 5.96 Å². The summed E-state index contributed by atoms with van der Waals surface area (Å²) in [6.07, 6.45) is 3.26. The summed E-state index contributed by atoms with van der Waals surface area (Å²) in [5.41, 5.74) is 1.33. The fourth-order valence-electron chi connectivity index (χ4n) is 3.00. The molecule has 1 aliphatic heterocycles. The zero-order chi connectivity index (χ0) is 18.5. The topological polar surface area (TPSA) is 54.9 Å². The first-order valence-electron chi connectivity index (χ1n) is 10.0. The van der Waals surface area contributed by atoms with Crippen LogP contribution in [0.2, 0.25) is 0 Å². The van der Waals surface area contributed by atoms with Crippen molar-refractivity contribution in [3.63, 3.8) is 0 Å². The molecule has 1 unspecified atom stereocenters. The Labute approximate surface area is 181 Å². The van der Waals surface area contributed by atoms with E-state index in [2.05, 4.69) is 54.8 Å². The fraction of sp³-hybridized carbons (Fsp3) is 0.667. The predicted molar refractivity (Wildman–Crippen MR) is 123 cm³/mol. The lowest BCUT2D eigenvalue weighted by molar-refractivity contribution is 0.0203. The second-order valence-electron chi connectivity index (χ2n) is 6.94. The fourth-order valence-corrected chi connectivity index (χ4v) is 3.00. The molecule has 27 heavy (non-hydrogen) atoms. The van der Waals surface area contributed by atoms with E-state index in [-0.39, 0.29) is 24.0 Å². The highest BCUT2D eigenvalue weighted by molar-refractivity contribution is 14.0. The molecule has 1 aromatic carbocycles. The van der Waals surface area contributed by atoms with Crippen LogP contribution in [-0.2, 0) is 9.47 Å². The molecule has 0 saturated carbocycles. The number of guanidine groups is 1. The monoisotopic (exact) mass is 489 g/mol. The van der Waals surface area contributed by atoms with Gasteiger partial charge in [0.05, 0.1) is 0 Å². The van der Waals surface area contributed by atoms with Crippen LogP contribution in [-0.4, -0.2) is 52.0 Å². The van der Waals surface area contributed by atoms with Crippen molar-refractivity contribution >= 4 is 29.9 Å². The van der Waals surface area contributed by atoms with E-state index in [4.69, 9.17) is 14.5 Å². The summed E-state index contributed by atoms with van der Waals surface area (Å²) in [7, 11) is 0. The Hall–Kier alpha value is -0.860. The molecule has 0 bridgehead atoms. The molecule has 0 spiro atoms. The minimum Gasteiger partial charge on any atom is -0.381 e. The van der Waals surface area contributed by atoms with E-state index in [1.165, 1.54) is 5.56 Å². The Morgan fingerprint density at radius 1 is 1.22 bits per heavy atom. The molecule has 0 amide bonds. The third-order valence-electron chi connectivity index (χ3n) is 4.69. The van der Waals surface area contributed by atoms with Gasteiger partial charge in [-0.05, 0) is 37.7 Å². The summed E-state index contributed by atoms with van der Waals surface area (Å²) >= 11 is 0. The first-order valence-corrected chi connectivity index (χ1v) is 10.0. The zero-order valence-corrected chi connectivity index (χ0v) is 19.1. The Bertz CT molecular complexity index is 507. The number of benzene rings is 1. The van der Waals surface area contributed by atoms with Crippen LogP contribution in [0.5, 0.6) is 0 Å². The summed E-state index contributed by atoms with van der Waals surface area (Å²) in [5.74, 6) is 1.98. The van der Waals surface area contributed by atoms with E-state index in [9.17, 15) is 0 Å². The van der Waals surface area contributed by atoms with Gasteiger partial charge in [-0.25, -0.2) is 0 Å². The zero-order valence-electron chi connectivity index (χ0n) is 16.8. The third kappa shape index (κ3) is 10.3. The first-order chi connectivity index (χ1) is 12.8. The maximum absolute atomic E-state index is 5.82.